The van der Waals surface area contributed by atoms with Crippen LogP contribution in [-0.2, 0) is 11.2 Å². The number of para-hydroxylation sites is 1. The van der Waals surface area contributed by atoms with Crippen molar-refractivity contribution in [2.45, 2.75) is 31.3 Å². The Kier molecular flexibility index (Phi) is 6.82. The maximum absolute atomic E-state index is 12.8. The van der Waals surface area contributed by atoms with Crippen molar-refractivity contribution in [2.75, 3.05) is 43.9 Å². The van der Waals surface area contributed by atoms with Gasteiger partial charge >= 0.3 is 0 Å². The number of rotatable bonds is 8. The molecule has 9 nitrogen and oxygen atoms in total. The Morgan fingerprint density at radius 1 is 1.18 bits per heavy atom. The van der Waals surface area contributed by atoms with Gasteiger partial charge < -0.3 is 14.6 Å². The maximum Gasteiger partial charge on any atom is 0.222 e. The highest BCUT2D eigenvalue weighted by Gasteiger charge is 2.24. The third-order valence-corrected chi connectivity index (χ3v) is 7.66. The van der Waals surface area contributed by atoms with E-state index in [1.54, 1.807) is 23.1 Å². The van der Waals surface area contributed by atoms with Crippen molar-refractivity contribution < 1.29 is 9.63 Å². The summed E-state index contributed by atoms with van der Waals surface area (Å²) >= 11 is 3.31. The van der Waals surface area contributed by atoms with Crippen molar-refractivity contribution in [2.24, 2.45) is 0 Å². The van der Waals surface area contributed by atoms with Crippen molar-refractivity contribution in [3.05, 3.63) is 35.2 Å². The summed E-state index contributed by atoms with van der Waals surface area (Å²) in [6.07, 6.45) is 4.08. The molecule has 0 N–H and O–H groups in total. The van der Waals surface area contributed by atoms with Crippen LogP contribution >= 0.6 is 23.1 Å². The van der Waals surface area contributed by atoms with Gasteiger partial charge in [-0.2, -0.15) is 0 Å². The van der Waals surface area contributed by atoms with Crippen LogP contribution in [0.1, 0.15) is 24.6 Å². The van der Waals surface area contributed by atoms with E-state index < -0.39 is 0 Å². The van der Waals surface area contributed by atoms with Crippen molar-refractivity contribution in [1.29, 1.82) is 0 Å². The van der Waals surface area contributed by atoms with Crippen molar-refractivity contribution in [3.63, 3.8) is 0 Å². The molecule has 1 aliphatic heterocycles. The molecule has 0 spiro atoms. The number of piperazine rings is 1. The summed E-state index contributed by atoms with van der Waals surface area (Å²) in [5.74, 6) is 1.15. The second-order valence-electron chi connectivity index (χ2n) is 8.07. The molecule has 4 heterocycles. The van der Waals surface area contributed by atoms with E-state index in [2.05, 4.69) is 28.2 Å². The lowest BCUT2D eigenvalue weighted by atomic mass is 10.2. The monoisotopic (exact) mass is 497 g/mol. The van der Waals surface area contributed by atoms with E-state index in [1.165, 1.54) is 9.72 Å². The number of amides is 1. The van der Waals surface area contributed by atoms with Gasteiger partial charge in [0.1, 0.15) is 28.3 Å². The van der Waals surface area contributed by atoms with Gasteiger partial charge in [0, 0.05) is 37.5 Å². The van der Waals surface area contributed by atoms with E-state index in [9.17, 15) is 4.79 Å². The normalized spacial score (nSPS) is 14.3. The van der Waals surface area contributed by atoms with Crippen LogP contribution in [0.2, 0.25) is 0 Å². The molecule has 0 aliphatic carbocycles. The van der Waals surface area contributed by atoms with Gasteiger partial charge in [-0.1, -0.05) is 35.7 Å². The average molecular weight is 498 g/mol. The third kappa shape index (κ3) is 4.67. The number of aromatic nitrogens is 5. The highest BCUT2D eigenvalue weighted by Crippen LogP contribution is 2.33. The summed E-state index contributed by atoms with van der Waals surface area (Å²) in [6, 6.07) is 9.85. The van der Waals surface area contributed by atoms with Gasteiger partial charge in [-0.25, -0.2) is 9.97 Å². The second kappa shape index (κ2) is 10.1. The van der Waals surface area contributed by atoms with Crippen LogP contribution in [0.4, 0.5) is 5.82 Å². The molecule has 5 rings (SSSR count). The van der Waals surface area contributed by atoms with Gasteiger partial charge in [-0.15, -0.1) is 16.4 Å². The molecule has 0 radical (unpaired) electrons. The Morgan fingerprint density at radius 3 is 2.79 bits per heavy atom. The van der Waals surface area contributed by atoms with Crippen molar-refractivity contribution in [1.82, 2.24) is 30.0 Å². The Labute approximate surface area is 206 Å². The minimum atomic E-state index is 0.160. The number of thiophene rings is 1. The van der Waals surface area contributed by atoms with Crippen LogP contribution < -0.4 is 9.74 Å². The zero-order valence-electron chi connectivity index (χ0n) is 19.3. The molecule has 4 aromatic rings. The van der Waals surface area contributed by atoms with Crippen LogP contribution in [0, 0.1) is 0 Å². The quantitative estimate of drug-likeness (QED) is 0.208. The molecule has 34 heavy (non-hydrogen) atoms. The largest absolute Gasteiger partial charge is 0.395 e. The summed E-state index contributed by atoms with van der Waals surface area (Å²) in [5, 5.41) is 10.0. The standard InChI is InChI=1S/C23H27N7O2S2/c1-3-16-15-17-21(24-23(33-2)25-22(17)34-16)29-12-10-28(11-13-29)20(31)9-6-14-32-30-19-8-5-4-7-18(19)26-27-30/h4-5,7-8,15H,3,6,9-14H2,1-2H3. The van der Waals surface area contributed by atoms with Gasteiger partial charge in [0.05, 0.1) is 5.39 Å². The Morgan fingerprint density at radius 2 is 2.00 bits per heavy atom. The number of hydrogen-bond donors (Lipinski definition) is 0. The van der Waals surface area contributed by atoms with Crippen LogP contribution in [0.5, 0.6) is 0 Å². The lowest BCUT2D eigenvalue weighted by Crippen LogP contribution is -2.49. The first-order valence-electron chi connectivity index (χ1n) is 11.5. The van der Waals surface area contributed by atoms with Gasteiger partial charge in [0.15, 0.2) is 5.16 Å². The molecule has 11 heteroatoms. The van der Waals surface area contributed by atoms with Gasteiger partial charge in [0.25, 0.3) is 0 Å². The lowest BCUT2D eigenvalue weighted by molar-refractivity contribution is -0.131. The van der Waals surface area contributed by atoms with Crippen LogP contribution in [0.15, 0.2) is 35.5 Å². The highest BCUT2D eigenvalue weighted by molar-refractivity contribution is 7.98. The second-order valence-corrected chi connectivity index (χ2v) is 9.96. The predicted octanol–water partition coefficient (Wildman–Crippen LogP) is 3.28. The zero-order valence-corrected chi connectivity index (χ0v) is 20.9. The predicted molar refractivity (Wildman–Crippen MR) is 136 cm³/mol. The molecule has 0 saturated carbocycles. The average Bonchev–Trinajstić information content (AvgIpc) is 3.50. The number of nitrogens with zero attached hydrogens (tertiary/aromatic N) is 7. The smallest absolute Gasteiger partial charge is 0.222 e. The molecule has 0 atom stereocenters. The van der Waals surface area contributed by atoms with E-state index in [1.807, 2.05) is 35.4 Å². The number of fused-ring (bicyclic) bond motifs is 2. The fourth-order valence-corrected chi connectivity index (χ4v) is 5.47. The topological polar surface area (TPSA) is 89.3 Å². The van der Waals surface area contributed by atoms with Gasteiger partial charge in [-0.3, -0.25) is 4.79 Å². The number of anilines is 1. The first-order chi connectivity index (χ1) is 16.7. The third-order valence-electron chi connectivity index (χ3n) is 5.94. The van der Waals surface area contributed by atoms with Crippen LogP contribution in [-0.4, -0.2) is 75.0 Å². The van der Waals surface area contributed by atoms with Crippen LogP contribution in [0.25, 0.3) is 21.3 Å². The Balaban J connectivity index is 1.14. The summed E-state index contributed by atoms with van der Waals surface area (Å²) in [6.45, 7) is 5.50. The molecule has 0 bridgehead atoms. The summed E-state index contributed by atoms with van der Waals surface area (Å²) in [5.41, 5.74) is 1.61. The Hall–Kier alpha value is -2.92. The summed E-state index contributed by atoms with van der Waals surface area (Å²) < 4.78 is 0. The fourth-order valence-electron chi connectivity index (χ4n) is 4.09. The first kappa shape index (κ1) is 22.9. The minimum Gasteiger partial charge on any atom is -0.395 e. The molecule has 1 fully saturated rings. The summed E-state index contributed by atoms with van der Waals surface area (Å²) in [4.78, 5) is 36.0. The molecule has 3 aromatic heterocycles. The number of carbonyl (C=O) groups is 1. The molecular weight excluding hydrogens is 470 g/mol. The first-order valence-corrected chi connectivity index (χ1v) is 13.5. The number of carbonyl (C=O) groups excluding carboxylic acids is 1. The van der Waals surface area contributed by atoms with E-state index in [-0.39, 0.29) is 5.91 Å². The van der Waals surface area contributed by atoms with E-state index in [0.717, 1.165) is 51.7 Å². The minimum absolute atomic E-state index is 0.160. The van der Waals surface area contributed by atoms with Crippen LogP contribution in [0.3, 0.4) is 0 Å². The molecular formula is C23H27N7O2S2. The lowest BCUT2D eigenvalue weighted by Gasteiger charge is -2.35. The Bertz CT molecular complexity index is 1300. The fraction of sp³-hybridized carbons (Fsp3) is 0.435. The molecule has 1 aromatic carbocycles. The van der Waals surface area contributed by atoms with E-state index in [0.29, 0.717) is 32.5 Å². The summed E-state index contributed by atoms with van der Waals surface area (Å²) in [7, 11) is 0. The molecule has 0 unspecified atom stereocenters. The highest BCUT2D eigenvalue weighted by atomic mass is 32.2. The molecule has 1 amide bonds. The number of thioether (sulfide) groups is 1. The number of benzene rings is 1. The molecule has 1 saturated heterocycles. The molecule has 178 valence electrons. The van der Waals surface area contributed by atoms with Crippen molar-refractivity contribution >= 4 is 56.1 Å². The molecule has 1 aliphatic rings. The maximum atomic E-state index is 12.8. The van der Waals surface area contributed by atoms with E-state index in [4.69, 9.17) is 14.8 Å². The zero-order chi connectivity index (χ0) is 23.5. The van der Waals surface area contributed by atoms with Gasteiger partial charge in [-0.05, 0) is 42.5 Å². The number of aryl methyl sites for hydroxylation is 1. The number of hydrogen-bond acceptors (Lipinski definition) is 9. The SMILES string of the molecule is CCc1cc2c(N3CCN(C(=O)CCCOn4nnc5ccccc54)CC3)nc(SC)nc2s1. The van der Waals surface area contributed by atoms with E-state index >= 15 is 0 Å². The van der Waals surface area contributed by atoms with Crippen molar-refractivity contribution in [3.8, 4) is 0 Å². The van der Waals surface area contributed by atoms with Gasteiger partial charge in [0.2, 0.25) is 5.91 Å².